The molecule has 2 aromatic carbocycles. The van der Waals surface area contributed by atoms with Crippen LogP contribution in [0.2, 0.25) is 0 Å². The van der Waals surface area contributed by atoms with E-state index in [2.05, 4.69) is 10.3 Å². The molecule has 3 aromatic rings. The summed E-state index contributed by atoms with van der Waals surface area (Å²) in [5.41, 5.74) is 3.02. The van der Waals surface area contributed by atoms with Gasteiger partial charge in [-0.3, -0.25) is 19.0 Å². The van der Waals surface area contributed by atoms with Crippen molar-refractivity contribution in [3.05, 3.63) is 69.8 Å². The lowest BCUT2D eigenvalue weighted by atomic mass is 10.1. The van der Waals surface area contributed by atoms with Gasteiger partial charge in [0.15, 0.2) is 6.10 Å². The molecule has 1 atom stereocenters. The monoisotopic (exact) mass is 407 g/mol. The van der Waals surface area contributed by atoms with E-state index in [9.17, 15) is 14.4 Å². The highest BCUT2D eigenvalue weighted by atomic mass is 16.5. The first-order valence-electron chi connectivity index (χ1n) is 9.79. The van der Waals surface area contributed by atoms with Crippen molar-refractivity contribution in [2.45, 2.75) is 39.7 Å². The van der Waals surface area contributed by atoms with Crippen LogP contribution in [0.1, 0.15) is 30.3 Å². The number of aryl methyl sites for hydroxylation is 3. The summed E-state index contributed by atoms with van der Waals surface area (Å²) < 4.78 is 6.71. The Bertz CT molecular complexity index is 1150. The molecule has 3 rings (SSSR count). The van der Waals surface area contributed by atoms with E-state index >= 15 is 0 Å². The van der Waals surface area contributed by atoms with Crippen LogP contribution in [-0.2, 0) is 27.8 Å². The Kier molecular flexibility index (Phi) is 6.30. The molecule has 0 fully saturated rings. The van der Waals surface area contributed by atoms with Crippen LogP contribution in [0.25, 0.3) is 10.9 Å². The van der Waals surface area contributed by atoms with E-state index in [4.69, 9.17) is 4.74 Å². The van der Waals surface area contributed by atoms with Crippen LogP contribution in [0.5, 0.6) is 0 Å². The number of hydrogen-bond acceptors (Lipinski definition) is 5. The fourth-order valence-corrected chi connectivity index (χ4v) is 3.25. The minimum atomic E-state index is -0.940. The molecular weight excluding hydrogens is 382 g/mol. The second-order valence-corrected chi connectivity index (χ2v) is 7.30. The lowest BCUT2D eigenvalue weighted by Crippen LogP contribution is -2.31. The standard InChI is InChI=1S/C23H25N3O4/c1-14-8-7-9-15(2)21(14)25-22(28)16(3)30-20(27)13-12-19-24-18-11-6-5-10-17(18)23(29)26(19)4/h5-11,16H,12-13H2,1-4H3,(H,25,28)/t16-/m0/s1. The minimum Gasteiger partial charge on any atom is -0.453 e. The minimum absolute atomic E-state index is 0.0135. The van der Waals surface area contributed by atoms with Crippen molar-refractivity contribution in [1.29, 1.82) is 0 Å². The molecule has 1 heterocycles. The summed E-state index contributed by atoms with van der Waals surface area (Å²) in [7, 11) is 1.63. The molecule has 0 radical (unpaired) electrons. The van der Waals surface area contributed by atoms with Crippen molar-refractivity contribution in [1.82, 2.24) is 9.55 Å². The maximum Gasteiger partial charge on any atom is 0.307 e. The average Bonchev–Trinajstić information content (AvgIpc) is 2.72. The van der Waals surface area contributed by atoms with Gasteiger partial charge in [-0.1, -0.05) is 30.3 Å². The zero-order chi connectivity index (χ0) is 21.8. The molecule has 0 saturated heterocycles. The predicted molar refractivity (Wildman–Crippen MR) is 115 cm³/mol. The molecule has 1 aromatic heterocycles. The maximum atomic E-state index is 12.4. The lowest BCUT2D eigenvalue weighted by molar-refractivity contribution is -0.153. The average molecular weight is 407 g/mol. The number of fused-ring (bicyclic) bond motifs is 1. The molecule has 0 saturated carbocycles. The third-order valence-electron chi connectivity index (χ3n) is 5.04. The van der Waals surface area contributed by atoms with Gasteiger partial charge in [-0.15, -0.1) is 0 Å². The number of benzene rings is 2. The van der Waals surface area contributed by atoms with Crippen molar-refractivity contribution in [3.63, 3.8) is 0 Å². The molecule has 156 valence electrons. The molecular formula is C23H25N3O4. The summed E-state index contributed by atoms with van der Waals surface area (Å²) in [4.78, 5) is 41.6. The largest absolute Gasteiger partial charge is 0.453 e. The van der Waals surface area contributed by atoms with E-state index < -0.39 is 18.0 Å². The third-order valence-corrected chi connectivity index (χ3v) is 5.04. The quantitative estimate of drug-likeness (QED) is 0.634. The molecule has 0 aliphatic carbocycles. The Hall–Kier alpha value is -3.48. The lowest BCUT2D eigenvalue weighted by Gasteiger charge is -2.16. The number of carbonyl (C=O) groups excluding carboxylic acids is 2. The number of para-hydroxylation sites is 2. The van der Waals surface area contributed by atoms with E-state index in [-0.39, 0.29) is 18.4 Å². The van der Waals surface area contributed by atoms with Crippen molar-refractivity contribution < 1.29 is 14.3 Å². The number of rotatable bonds is 6. The Morgan fingerprint density at radius 2 is 1.77 bits per heavy atom. The molecule has 7 nitrogen and oxygen atoms in total. The second-order valence-electron chi connectivity index (χ2n) is 7.30. The van der Waals surface area contributed by atoms with E-state index in [1.807, 2.05) is 38.1 Å². The normalized spacial score (nSPS) is 11.9. The van der Waals surface area contributed by atoms with Crippen molar-refractivity contribution in [2.75, 3.05) is 5.32 Å². The highest BCUT2D eigenvalue weighted by Crippen LogP contribution is 2.20. The van der Waals surface area contributed by atoms with Gasteiger partial charge in [0.1, 0.15) is 5.82 Å². The van der Waals surface area contributed by atoms with Crippen LogP contribution in [0.3, 0.4) is 0 Å². The number of carbonyl (C=O) groups is 2. The van der Waals surface area contributed by atoms with E-state index in [0.717, 1.165) is 16.8 Å². The van der Waals surface area contributed by atoms with Crippen LogP contribution in [-0.4, -0.2) is 27.5 Å². The smallest absolute Gasteiger partial charge is 0.307 e. The molecule has 7 heteroatoms. The molecule has 30 heavy (non-hydrogen) atoms. The topological polar surface area (TPSA) is 90.3 Å². The Balaban J connectivity index is 1.62. The molecule has 0 bridgehead atoms. The number of nitrogens with zero attached hydrogens (tertiary/aromatic N) is 2. The van der Waals surface area contributed by atoms with Crippen LogP contribution >= 0.6 is 0 Å². The molecule has 0 spiro atoms. The van der Waals surface area contributed by atoms with Gasteiger partial charge in [-0.05, 0) is 44.0 Å². The number of aromatic nitrogens is 2. The molecule has 1 amide bonds. The highest BCUT2D eigenvalue weighted by Gasteiger charge is 2.20. The number of esters is 1. The zero-order valence-electron chi connectivity index (χ0n) is 17.6. The van der Waals surface area contributed by atoms with Gasteiger partial charge in [-0.2, -0.15) is 0 Å². The van der Waals surface area contributed by atoms with Gasteiger partial charge in [0.2, 0.25) is 0 Å². The first kappa shape index (κ1) is 21.2. The van der Waals surface area contributed by atoms with E-state index in [1.54, 1.807) is 25.2 Å². The summed E-state index contributed by atoms with van der Waals surface area (Å²) in [6.07, 6.45) is -0.690. The highest BCUT2D eigenvalue weighted by molar-refractivity contribution is 5.96. The summed E-state index contributed by atoms with van der Waals surface area (Å²) in [6, 6.07) is 12.8. The summed E-state index contributed by atoms with van der Waals surface area (Å²) >= 11 is 0. The van der Waals surface area contributed by atoms with Gasteiger partial charge in [0.05, 0.1) is 17.3 Å². The first-order valence-corrected chi connectivity index (χ1v) is 9.79. The number of amides is 1. The van der Waals surface area contributed by atoms with Gasteiger partial charge in [0, 0.05) is 19.2 Å². The Morgan fingerprint density at radius 1 is 1.10 bits per heavy atom. The zero-order valence-corrected chi connectivity index (χ0v) is 17.6. The fourth-order valence-electron chi connectivity index (χ4n) is 3.25. The van der Waals surface area contributed by atoms with Crippen LogP contribution in [0.15, 0.2) is 47.3 Å². The van der Waals surface area contributed by atoms with Crippen molar-refractivity contribution >= 4 is 28.5 Å². The van der Waals surface area contributed by atoms with Gasteiger partial charge in [-0.25, -0.2) is 4.98 Å². The summed E-state index contributed by atoms with van der Waals surface area (Å²) in [5, 5.41) is 3.35. The maximum absolute atomic E-state index is 12.4. The summed E-state index contributed by atoms with van der Waals surface area (Å²) in [6.45, 7) is 5.34. The van der Waals surface area contributed by atoms with Gasteiger partial charge >= 0.3 is 5.97 Å². The Labute approximate surface area is 174 Å². The number of anilines is 1. The van der Waals surface area contributed by atoms with Crippen molar-refractivity contribution in [2.24, 2.45) is 7.05 Å². The molecule has 0 aliphatic rings. The summed E-state index contributed by atoms with van der Waals surface area (Å²) in [5.74, 6) is -0.429. The van der Waals surface area contributed by atoms with Crippen LogP contribution < -0.4 is 10.9 Å². The van der Waals surface area contributed by atoms with E-state index in [0.29, 0.717) is 16.7 Å². The second kappa shape index (κ2) is 8.90. The number of nitrogens with one attached hydrogen (secondary N) is 1. The third kappa shape index (κ3) is 4.56. The van der Waals surface area contributed by atoms with E-state index in [1.165, 1.54) is 11.5 Å². The van der Waals surface area contributed by atoms with Gasteiger partial charge < -0.3 is 10.1 Å². The Morgan fingerprint density at radius 3 is 2.47 bits per heavy atom. The van der Waals surface area contributed by atoms with Crippen molar-refractivity contribution in [3.8, 4) is 0 Å². The van der Waals surface area contributed by atoms with Crippen LogP contribution in [0.4, 0.5) is 5.69 Å². The molecule has 1 N–H and O–H groups in total. The predicted octanol–water partition coefficient (Wildman–Crippen LogP) is 3.05. The first-order chi connectivity index (χ1) is 14.3. The van der Waals surface area contributed by atoms with Crippen LogP contribution in [0, 0.1) is 13.8 Å². The SMILES string of the molecule is Cc1cccc(C)c1NC(=O)[C@H](C)OC(=O)CCc1nc2ccccc2c(=O)n1C. The molecule has 0 unspecified atom stereocenters. The fraction of sp³-hybridized carbons (Fsp3) is 0.304. The van der Waals surface area contributed by atoms with Gasteiger partial charge in [0.25, 0.3) is 11.5 Å². The molecule has 0 aliphatic heterocycles. The number of hydrogen-bond donors (Lipinski definition) is 1. The number of ether oxygens (including phenoxy) is 1.